The van der Waals surface area contributed by atoms with E-state index in [2.05, 4.69) is 13.8 Å². The maximum atomic E-state index is 6.34. The smallest absolute Gasteiger partial charge is 0.119 e. The minimum absolute atomic E-state index is 0.0733. The molecule has 2 atom stereocenters. The maximum Gasteiger partial charge on any atom is 0.119 e. The van der Waals surface area contributed by atoms with E-state index in [-0.39, 0.29) is 12.1 Å². The van der Waals surface area contributed by atoms with Gasteiger partial charge in [0.1, 0.15) is 5.75 Å². The van der Waals surface area contributed by atoms with Crippen molar-refractivity contribution in [3.63, 3.8) is 0 Å². The van der Waals surface area contributed by atoms with E-state index in [0.717, 1.165) is 29.7 Å². The summed E-state index contributed by atoms with van der Waals surface area (Å²) in [7, 11) is 1.68. The fraction of sp³-hybridized carbons (Fsp3) is 0.600. The Balaban J connectivity index is 2.89. The number of ether oxygens (including phenoxy) is 2. The summed E-state index contributed by atoms with van der Waals surface area (Å²) in [4.78, 5) is 0. The van der Waals surface area contributed by atoms with E-state index in [4.69, 9.17) is 15.2 Å². The third-order valence-corrected chi connectivity index (χ3v) is 3.19. The largest absolute Gasteiger partial charge is 0.497 e. The van der Waals surface area contributed by atoms with Crippen molar-refractivity contribution in [1.82, 2.24) is 0 Å². The Morgan fingerprint density at radius 3 is 2.50 bits per heavy atom. The standard InChI is InChI=1S/C15H25NO2/c1-5-7-14(18-6-2)15(16)13-9-8-12(17-4)10-11(13)3/h8-10,14-15H,5-7,16H2,1-4H3. The minimum atomic E-state index is -0.0733. The number of hydrogen-bond acceptors (Lipinski definition) is 3. The molecule has 0 amide bonds. The molecule has 1 aromatic rings. The molecule has 0 aromatic heterocycles. The van der Waals surface area contributed by atoms with Crippen molar-refractivity contribution in [3.05, 3.63) is 29.3 Å². The topological polar surface area (TPSA) is 44.5 Å². The summed E-state index contributed by atoms with van der Waals surface area (Å²) in [6.45, 7) is 6.93. The minimum Gasteiger partial charge on any atom is -0.497 e. The second kappa shape index (κ2) is 7.39. The van der Waals surface area contributed by atoms with Crippen molar-refractivity contribution in [2.45, 2.75) is 45.8 Å². The summed E-state index contributed by atoms with van der Waals surface area (Å²) >= 11 is 0. The molecule has 0 aliphatic rings. The van der Waals surface area contributed by atoms with Gasteiger partial charge in [-0.2, -0.15) is 0 Å². The fourth-order valence-corrected chi connectivity index (χ4v) is 2.21. The molecular formula is C15H25NO2. The molecule has 0 aliphatic carbocycles. The Bertz CT molecular complexity index is 360. The third kappa shape index (κ3) is 3.72. The Morgan fingerprint density at radius 1 is 1.28 bits per heavy atom. The maximum absolute atomic E-state index is 6.34. The number of rotatable bonds is 7. The summed E-state index contributed by atoms with van der Waals surface area (Å²) in [6, 6.07) is 5.94. The van der Waals surface area contributed by atoms with Gasteiger partial charge in [-0.05, 0) is 43.5 Å². The number of methoxy groups -OCH3 is 1. The third-order valence-electron chi connectivity index (χ3n) is 3.19. The van der Waals surface area contributed by atoms with Gasteiger partial charge in [0.05, 0.1) is 19.3 Å². The van der Waals surface area contributed by atoms with Gasteiger partial charge < -0.3 is 15.2 Å². The van der Waals surface area contributed by atoms with Gasteiger partial charge in [-0.1, -0.05) is 19.4 Å². The number of nitrogens with two attached hydrogens (primary N) is 1. The molecular weight excluding hydrogens is 226 g/mol. The van der Waals surface area contributed by atoms with Gasteiger partial charge >= 0.3 is 0 Å². The molecule has 1 aromatic carbocycles. The summed E-state index contributed by atoms with van der Waals surface area (Å²) < 4.78 is 11.0. The van der Waals surface area contributed by atoms with Crippen molar-refractivity contribution >= 4 is 0 Å². The molecule has 18 heavy (non-hydrogen) atoms. The lowest BCUT2D eigenvalue weighted by Gasteiger charge is -2.25. The molecule has 0 saturated heterocycles. The van der Waals surface area contributed by atoms with Crippen LogP contribution in [0.1, 0.15) is 43.9 Å². The van der Waals surface area contributed by atoms with Crippen molar-refractivity contribution in [2.24, 2.45) is 5.73 Å². The summed E-state index contributed by atoms with van der Waals surface area (Å²) in [5.41, 5.74) is 8.63. The van der Waals surface area contributed by atoms with Crippen LogP contribution >= 0.6 is 0 Å². The highest BCUT2D eigenvalue weighted by atomic mass is 16.5. The second-order valence-electron chi connectivity index (χ2n) is 4.53. The first kappa shape index (κ1) is 15.0. The fourth-order valence-electron chi connectivity index (χ4n) is 2.21. The molecule has 3 nitrogen and oxygen atoms in total. The van der Waals surface area contributed by atoms with E-state index in [1.807, 2.05) is 25.1 Å². The van der Waals surface area contributed by atoms with Crippen LogP contribution in [0.4, 0.5) is 0 Å². The average molecular weight is 251 g/mol. The molecule has 3 heteroatoms. The van der Waals surface area contributed by atoms with E-state index in [0.29, 0.717) is 6.61 Å². The van der Waals surface area contributed by atoms with Crippen molar-refractivity contribution in [1.29, 1.82) is 0 Å². The van der Waals surface area contributed by atoms with Crippen molar-refractivity contribution in [2.75, 3.05) is 13.7 Å². The van der Waals surface area contributed by atoms with Crippen LogP contribution in [-0.2, 0) is 4.74 Å². The van der Waals surface area contributed by atoms with E-state index in [1.165, 1.54) is 0 Å². The van der Waals surface area contributed by atoms with Gasteiger partial charge in [0.15, 0.2) is 0 Å². The summed E-state index contributed by atoms with van der Waals surface area (Å²) in [6.07, 6.45) is 2.15. The predicted octanol–water partition coefficient (Wildman–Crippen LogP) is 3.21. The lowest BCUT2D eigenvalue weighted by Crippen LogP contribution is -2.29. The van der Waals surface area contributed by atoms with Gasteiger partial charge in [0, 0.05) is 6.61 Å². The molecule has 0 aliphatic heterocycles. The van der Waals surface area contributed by atoms with Crippen LogP contribution in [0.5, 0.6) is 5.75 Å². The highest BCUT2D eigenvalue weighted by Crippen LogP contribution is 2.26. The van der Waals surface area contributed by atoms with E-state index in [1.54, 1.807) is 7.11 Å². The number of benzene rings is 1. The summed E-state index contributed by atoms with van der Waals surface area (Å²) in [5, 5.41) is 0. The molecule has 102 valence electrons. The molecule has 0 radical (unpaired) electrons. The monoisotopic (exact) mass is 251 g/mol. The first-order valence-electron chi connectivity index (χ1n) is 6.65. The highest BCUT2D eigenvalue weighted by molar-refractivity contribution is 5.37. The first-order valence-corrected chi connectivity index (χ1v) is 6.65. The molecule has 0 spiro atoms. The van der Waals surface area contributed by atoms with Gasteiger partial charge in [0.25, 0.3) is 0 Å². The SMILES string of the molecule is CCCC(OCC)C(N)c1ccc(OC)cc1C. The zero-order valence-corrected chi connectivity index (χ0v) is 11.9. The molecule has 0 saturated carbocycles. The van der Waals surface area contributed by atoms with Crippen molar-refractivity contribution in [3.8, 4) is 5.75 Å². The average Bonchev–Trinajstić information content (AvgIpc) is 2.37. The first-order chi connectivity index (χ1) is 8.63. The van der Waals surface area contributed by atoms with E-state index < -0.39 is 0 Å². The van der Waals surface area contributed by atoms with Gasteiger partial charge in [-0.25, -0.2) is 0 Å². The molecule has 0 heterocycles. The highest BCUT2D eigenvalue weighted by Gasteiger charge is 2.20. The Labute approximate surface area is 110 Å². The number of hydrogen-bond donors (Lipinski definition) is 1. The van der Waals surface area contributed by atoms with Crippen LogP contribution in [0.25, 0.3) is 0 Å². The van der Waals surface area contributed by atoms with Crippen LogP contribution in [0.3, 0.4) is 0 Å². The van der Waals surface area contributed by atoms with E-state index in [9.17, 15) is 0 Å². The molecule has 0 bridgehead atoms. The van der Waals surface area contributed by atoms with Crippen LogP contribution in [-0.4, -0.2) is 19.8 Å². The molecule has 2 unspecified atom stereocenters. The molecule has 2 N–H and O–H groups in total. The van der Waals surface area contributed by atoms with Gasteiger partial charge in [-0.3, -0.25) is 0 Å². The zero-order chi connectivity index (χ0) is 13.5. The lowest BCUT2D eigenvalue weighted by atomic mass is 9.95. The quantitative estimate of drug-likeness (QED) is 0.809. The van der Waals surface area contributed by atoms with Crippen LogP contribution in [0.15, 0.2) is 18.2 Å². The second-order valence-corrected chi connectivity index (χ2v) is 4.53. The Morgan fingerprint density at radius 2 is 2.00 bits per heavy atom. The van der Waals surface area contributed by atoms with Crippen molar-refractivity contribution < 1.29 is 9.47 Å². The normalized spacial score (nSPS) is 14.3. The van der Waals surface area contributed by atoms with Crippen LogP contribution < -0.4 is 10.5 Å². The Hall–Kier alpha value is -1.06. The zero-order valence-electron chi connectivity index (χ0n) is 11.9. The Kier molecular flexibility index (Phi) is 6.16. The van der Waals surface area contributed by atoms with E-state index >= 15 is 0 Å². The lowest BCUT2D eigenvalue weighted by molar-refractivity contribution is 0.0373. The number of aryl methyl sites for hydroxylation is 1. The van der Waals surface area contributed by atoms with Crippen LogP contribution in [0.2, 0.25) is 0 Å². The summed E-state index contributed by atoms with van der Waals surface area (Å²) in [5.74, 6) is 0.868. The van der Waals surface area contributed by atoms with Crippen LogP contribution in [0, 0.1) is 6.92 Å². The molecule has 0 fully saturated rings. The molecule has 1 rings (SSSR count). The predicted molar refractivity (Wildman–Crippen MR) is 75.0 cm³/mol. The van der Waals surface area contributed by atoms with Gasteiger partial charge in [0.2, 0.25) is 0 Å². The van der Waals surface area contributed by atoms with Gasteiger partial charge in [-0.15, -0.1) is 0 Å².